The summed E-state index contributed by atoms with van der Waals surface area (Å²) in [5.41, 5.74) is 6.54. The summed E-state index contributed by atoms with van der Waals surface area (Å²) in [6, 6.07) is 8.02. The smallest absolute Gasteiger partial charge is 0.246 e. The number of carbonyl (C=O) groups is 1. The highest BCUT2D eigenvalue weighted by Crippen LogP contribution is 2.17. The zero-order valence-electron chi connectivity index (χ0n) is 11.2. The Labute approximate surface area is 132 Å². The van der Waals surface area contributed by atoms with Gasteiger partial charge in [0.25, 0.3) is 0 Å². The molecule has 0 saturated heterocycles. The second-order valence-corrected chi connectivity index (χ2v) is 6.13. The molecule has 0 unspecified atom stereocenters. The van der Waals surface area contributed by atoms with E-state index in [-0.39, 0.29) is 12.5 Å². The van der Waals surface area contributed by atoms with Gasteiger partial charge in [-0.1, -0.05) is 12.8 Å². The lowest BCUT2D eigenvalue weighted by Crippen LogP contribution is -2.39. The van der Waals surface area contributed by atoms with Crippen molar-refractivity contribution in [1.29, 1.82) is 0 Å². The molecule has 20 heavy (non-hydrogen) atoms. The Hall–Kier alpha value is -1.31. The number of benzene rings is 1. The van der Waals surface area contributed by atoms with E-state index < -0.39 is 0 Å². The van der Waals surface area contributed by atoms with Gasteiger partial charge in [-0.25, -0.2) is 4.99 Å². The maximum atomic E-state index is 11.7. The molecule has 0 bridgehead atoms. The summed E-state index contributed by atoms with van der Waals surface area (Å²) in [6.07, 6.45) is 4.73. The molecule has 4 N–H and O–H groups in total. The number of nitrogens with two attached hydrogens (primary N) is 1. The number of halogens is 1. The minimum Gasteiger partial charge on any atom is -0.370 e. The molecular formula is C14H19IN4O. The number of hydrogen-bond donors (Lipinski definition) is 3. The van der Waals surface area contributed by atoms with Gasteiger partial charge < -0.3 is 16.4 Å². The van der Waals surface area contributed by atoms with Gasteiger partial charge in [-0.15, -0.1) is 0 Å². The average Bonchev–Trinajstić information content (AvgIpc) is 2.92. The van der Waals surface area contributed by atoms with Crippen molar-refractivity contribution in [2.75, 3.05) is 11.9 Å². The Morgan fingerprint density at radius 1 is 1.30 bits per heavy atom. The summed E-state index contributed by atoms with van der Waals surface area (Å²) in [7, 11) is 0. The van der Waals surface area contributed by atoms with Gasteiger partial charge in [-0.05, 0) is 59.7 Å². The molecule has 2 rings (SSSR count). The maximum Gasteiger partial charge on any atom is 0.246 e. The molecule has 1 aromatic rings. The minimum atomic E-state index is -0.164. The zero-order chi connectivity index (χ0) is 14.4. The number of nitrogens with zero attached hydrogens (tertiary/aromatic N) is 1. The van der Waals surface area contributed by atoms with Crippen molar-refractivity contribution in [3.05, 3.63) is 27.8 Å². The first-order valence-electron chi connectivity index (χ1n) is 6.75. The second kappa shape index (κ2) is 7.47. The topological polar surface area (TPSA) is 79.5 Å². The van der Waals surface area contributed by atoms with Crippen LogP contribution in [0.5, 0.6) is 0 Å². The van der Waals surface area contributed by atoms with E-state index in [9.17, 15) is 4.79 Å². The van der Waals surface area contributed by atoms with E-state index in [4.69, 9.17) is 5.73 Å². The monoisotopic (exact) mass is 386 g/mol. The molecular weight excluding hydrogens is 367 g/mol. The number of hydrogen-bond acceptors (Lipinski definition) is 2. The fraction of sp³-hybridized carbons (Fsp3) is 0.429. The summed E-state index contributed by atoms with van der Waals surface area (Å²) in [6.45, 7) is 0.0392. The molecule has 1 aliphatic rings. The highest BCUT2D eigenvalue weighted by atomic mass is 127. The molecule has 0 aliphatic heterocycles. The highest BCUT2D eigenvalue weighted by Gasteiger charge is 2.14. The first-order chi connectivity index (χ1) is 9.63. The van der Waals surface area contributed by atoms with Crippen molar-refractivity contribution in [1.82, 2.24) is 5.32 Å². The Morgan fingerprint density at radius 3 is 2.60 bits per heavy atom. The van der Waals surface area contributed by atoms with Crippen molar-refractivity contribution in [3.8, 4) is 0 Å². The summed E-state index contributed by atoms with van der Waals surface area (Å²) >= 11 is 2.22. The van der Waals surface area contributed by atoms with Crippen LogP contribution < -0.4 is 16.4 Å². The molecule has 1 aliphatic carbocycles. The number of nitrogens with one attached hydrogen (secondary N) is 2. The third-order valence-corrected chi connectivity index (χ3v) is 3.95. The summed E-state index contributed by atoms with van der Waals surface area (Å²) < 4.78 is 1.13. The van der Waals surface area contributed by atoms with E-state index in [1.165, 1.54) is 12.8 Å². The van der Waals surface area contributed by atoms with Crippen LogP contribution in [0.3, 0.4) is 0 Å². The van der Waals surface area contributed by atoms with Crippen molar-refractivity contribution < 1.29 is 4.79 Å². The van der Waals surface area contributed by atoms with E-state index in [2.05, 4.69) is 38.2 Å². The molecule has 1 fully saturated rings. The fourth-order valence-corrected chi connectivity index (χ4v) is 2.58. The quantitative estimate of drug-likeness (QED) is 0.421. The van der Waals surface area contributed by atoms with E-state index >= 15 is 0 Å². The van der Waals surface area contributed by atoms with Crippen molar-refractivity contribution in [3.63, 3.8) is 0 Å². The van der Waals surface area contributed by atoms with Gasteiger partial charge in [-0.2, -0.15) is 0 Å². The lowest BCUT2D eigenvalue weighted by molar-refractivity contribution is -0.114. The summed E-state index contributed by atoms with van der Waals surface area (Å²) in [4.78, 5) is 15.8. The first-order valence-corrected chi connectivity index (χ1v) is 7.83. The van der Waals surface area contributed by atoms with Gasteiger partial charge in [0.2, 0.25) is 5.91 Å². The van der Waals surface area contributed by atoms with Crippen LogP contribution in [0.1, 0.15) is 25.7 Å². The normalized spacial score (nSPS) is 16.1. The van der Waals surface area contributed by atoms with Gasteiger partial charge in [0.1, 0.15) is 6.54 Å². The fourth-order valence-electron chi connectivity index (χ4n) is 2.22. The van der Waals surface area contributed by atoms with E-state index in [0.717, 1.165) is 22.1 Å². The van der Waals surface area contributed by atoms with Crippen LogP contribution in [0.25, 0.3) is 0 Å². The number of carbonyl (C=O) groups excluding carboxylic acids is 1. The Balaban J connectivity index is 1.77. The van der Waals surface area contributed by atoms with Crippen LogP contribution in [0.2, 0.25) is 0 Å². The number of rotatable bonds is 4. The largest absolute Gasteiger partial charge is 0.370 e. The number of guanidine groups is 1. The molecule has 1 amide bonds. The molecule has 0 spiro atoms. The third kappa shape index (κ3) is 4.99. The van der Waals surface area contributed by atoms with Crippen LogP contribution in [0, 0.1) is 3.57 Å². The van der Waals surface area contributed by atoms with E-state index in [0.29, 0.717) is 12.0 Å². The van der Waals surface area contributed by atoms with Crippen LogP contribution in [0.4, 0.5) is 5.69 Å². The molecule has 1 saturated carbocycles. The predicted molar refractivity (Wildman–Crippen MR) is 89.7 cm³/mol. The Bertz CT molecular complexity index is 480. The third-order valence-electron chi connectivity index (χ3n) is 3.23. The molecule has 5 nitrogen and oxygen atoms in total. The molecule has 6 heteroatoms. The second-order valence-electron chi connectivity index (χ2n) is 4.88. The van der Waals surface area contributed by atoms with Gasteiger partial charge in [0.15, 0.2) is 5.96 Å². The number of anilines is 1. The zero-order valence-corrected chi connectivity index (χ0v) is 13.4. The average molecular weight is 386 g/mol. The molecule has 1 aromatic carbocycles. The molecule has 0 aromatic heterocycles. The number of aliphatic imine (C=N–C) groups is 1. The Kier molecular flexibility index (Phi) is 5.63. The summed E-state index contributed by atoms with van der Waals surface area (Å²) in [5, 5.41) is 5.94. The van der Waals surface area contributed by atoms with Crippen LogP contribution in [-0.2, 0) is 4.79 Å². The molecule has 108 valence electrons. The van der Waals surface area contributed by atoms with Gasteiger partial charge in [0, 0.05) is 15.3 Å². The number of amides is 1. The minimum absolute atomic E-state index is 0.0392. The standard InChI is InChI=1S/C14H19IN4O/c15-10-5-7-12(8-6-10)18-13(20)9-17-14(16)19-11-3-1-2-4-11/h5-8,11H,1-4,9H2,(H,18,20)(H3,16,17,19). The van der Waals surface area contributed by atoms with Gasteiger partial charge in [0.05, 0.1) is 0 Å². The van der Waals surface area contributed by atoms with Gasteiger partial charge in [-0.3, -0.25) is 4.79 Å². The van der Waals surface area contributed by atoms with E-state index in [1.807, 2.05) is 24.3 Å². The van der Waals surface area contributed by atoms with Crippen LogP contribution in [0.15, 0.2) is 29.3 Å². The van der Waals surface area contributed by atoms with E-state index in [1.54, 1.807) is 0 Å². The lowest BCUT2D eigenvalue weighted by Gasteiger charge is -2.12. The highest BCUT2D eigenvalue weighted by molar-refractivity contribution is 14.1. The summed E-state index contributed by atoms with van der Waals surface area (Å²) in [5.74, 6) is 0.192. The van der Waals surface area contributed by atoms with Crippen LogP contribution in [-0.4, -0.2) is 24.5 Å². The molecule has 0 radical (unpaired) electrons. The van der Waals surface area contributed by atoms with Gasteiger partial charge >= 0.3 is 0 Å². The van der Waals surface area contributed by atoms with Crippen LogP contribution >= 0.6 is 22.6 Å². The molecule has 0 atom stereocenters. The lowest BCUT2D eigenvalue weighted by atomic mass is 10.2. The Morgan fingerprint density at radius 2 is 1.95 bits per heavy atom. The van der Waals surface area contributed by atoms with Crippen molar-refractivity contribution >= 4 is 40.1 Å². The SMILES string of the molecule is NC(=NCC(=O)Nc1ccc(I)cc1)NC1CCCC1. The first kappa shape index (κ1) is 15.1. The molecule has 0 heterocycles. The van der Waals surface area contributed by atoms with Crippen molar-refractivity contribution in [2.45, 2.75) is 31.7 Å². The predicted octanol–water partition coefficient (Wildman–Crippen LogP) is 2.08. The maximum absolute atomic E-state index is 11.7. The van der Waals surface area contributed by atoms with Crippen molar-refractivity contribution in [2.24, 2.45) is 10.7 Å².